The van der Waals surface area contributed by atoms with Crippen LogP contribution in [0.4, 0.5) is 0 Å². The highest BCUT2D eigenvalue weighted by molar-refractivity contribution is 5.95. The van der Waals surface area contributed by atoms with Crippen LogP contribution in [0.2, 0.25) is 0 Å². The van der Waals surface area contributed by atoms with Gasteiger partial charge in [0.1, 0.15) is 5.76 Å². The van der Waals surface area contributed by atoms with Crippen LogP contribution >= 0.6 is 0 Å². The SMILES string of the molecule is Cc1ccc(C(=O)NC2CCc3onc(C(=O)NC4CCCC4)c3C2)cc1. The van der Waals surface area contributed by atoms with Gasteiger partial charge >= 0.3 is 0 Å². The van der Waals surface area contributed by atoms with Crippen LogP contribution in [0.5, 0.6) is 0 Å². The number of aromatic nitrogens is 1. The number of hydrogen-bond acceptors (Lipinski definition) is 4. The molecule has 0 radical (unpaired) electrons. The number of fused-ring (bicyclic) bond motifs is 1. The average Bonchev–Trinajstić information content (AvgIpc) is 3.31. The maximum atomic E-state index is 12.6. The van der Waals surface area contributed by atoms with Crippen LogP contribution in [0, 0.1) is 6.92 Å². The zero-order valence-corrected chi connectivity index (χ0v) is 15.6. The minimum Gasteiger partial charge on any atom is -0.360 e. The summed E-state index contributed by atoms with van der Waals surface area (Å²) in [5.41, 5.74) is 2.99. The Morgan fingerprint density at radius 1 is 1.00 bits per heavy atom. The van der Waals surface area contributed by atoms with E-state index in [0.29, 0.717) is 24.1 Å². The van der Waals surface area contributed by atoms with Crippen molar-refractivity contribution in [3.63, 3.8) is 0 Å². The molecule has 0 bridgehead atoms. The van der Waals surface area contributed by atoms with Gasteiger partial charge in [0.25, 0.3) is 11.8 Å². The molecule has 1 saturated carbocycles. The standard InChI is InChI=1S/C21H25N3O3/c1-13-6-8-14(9-7-13)20(25)23-16-10-11-18-17(12-16)19(24-27-18)21(26)22-15-4-2-3-5-15/h6-9,15-16H,2-5,10-12H2,1H3,(H,22,26)(H,23,25). The molecule has 2 aliphatic carbocycles. The first-order valence-corrected chi connectivity index (χ1v) is 9.76. The van der Waals surface area contributed by atoms with Crippen LogP contribution in [0.1, 0.15) is 69.8 Å². The molecule has 0 aliphatic heterocycles. The summed E-state index contributed by atoms with van der Waals surface area (Å²) < 4.78 is 5.40. The predicted molar refractivity (Wildman–Crippen MR) is 101 cm³/mol. The second kappa shape index (κ2) is 7.55. The first kappa shape index (κ1) is 17.8. The Bertz CT molecular complexity index is 835. The van der Waals surface area contributed by atoms with Gasteiger partial charge in [0.05, 0.1) is 0 Å². The first-order valence-electron chi connectivity index (χ1n) is 9.76. The second-order valence-corrected chi connectivity index (χ2v) is 7.67. The van der Waals surface area contributed by atoms with Crippen molar-refractivity contribution in [3.05, 3.63) is 52.4 Å². The van der Waals surface area contributed by atoms with Crippen LogP contribution in [0.25, 0.3) is 0 Å². The van der Waals surface area contributed by atoms with Crippen molar-refractivity contribution in [3.8, 4) is 0 Å². The van der Waals surface area contributed by atoms with Crippen LogP contribution in [0.3, 0.4) is 0 Å². The zero-order valence-electron chi connectivity index (χ0n) is 15.6. The number of hydrogen-bond donors (Lipinski definition) is 2. The fourth-order valence-corrected chi connectivity index (χ4v) is 4.00. The molecule has 2 N–H and O–H groups in total. The molecule has 1 fully saturated rings. The molecule has 1 aromatic carbocycles. The molecular formula is C21H25N3O3. The summed E-state index contributed by atoms with van der Waals surface area (Å²) in [6, 6.07) is 7.74. The number of nitrogens with one attached hydrogen (secondary N) is 2. The summed E-state index contributed by atoms with van der Waals surface area (Å²) in [4.78, 5) is 25.1. The van der Waals surface area contributed by atoms with Crippen molar-refractivity contribution in [1.82, 2.24) is 15.8 Å². The Morgan fingerprint density at radius 2 is 1.70 bits per heavy atom. The summed E-state index contributed by atoms with van der Waals surface area (Å²) >= 11 is 0. The number of aryl methyl sites for hydroxylation is 2. The van der Waals surface area contributed by atoms with Gasteiger partial charge in [-0.2, -0.15) is 0 Å². The Balaban J connectivity index is 1.42. The summed E-state index contributed by atoms with van der Waals surface area (Å²) in [5.74, 6) is 0.529. The third-order valence-electron chi connectivity index (χ3n) is 5.59. The van der Waals surface area contributed by atoms with Crippen molar-refractivity contribution in [2.24, 2.45) is 0 Å². The molecule has 27 heavy (non-hydrogen) atoms. The van der Waals surface area contributed by atoms with Crippen molar-refractivity contribution in [2.45, 2.75) is 64.0 Å². The molecule has 0 spiro atoms. The number of amides is 2. The van der Waals surface area contributed by atoms with Gasteiger partial charge in [-0.25, -0.2) is 0 Å². The largest absolute Gasteiger partial charge is 0.360 e. The zero-order chi connectivity index (χ0) is 18.8. The molecule has 2 aromatic rings. The highest BCUT2D eigenvalue weighted by Gasteiger charge is 2.30. The summed E-state index contributed by atoms with van der Waals surface area (Å²) in [5, 5.41) is 10.2. The van der Waals surface area contributed by atoms with Crippen molar-refractivity contribution in [2.75, 3.05) is 0 Å². The number of rotatable bonds is 4. The molecule has 2 aliphatic rings. The van der Waals surface area contributed by atoms with E-state index in [1.807, 2.05) is 31.2 Å². The average molecular weight is 367 g/mol. The molecule has 4 rings (SSSR count). The third kappa shape index (κ3) is 3.89. The first-order chi connectivity index (χ1) is 13.1. The highest BCUT2D eigenvalue weighted by Crippen LogP contribution is 2.26. The molecule has 0 saturated heterocycles. The van der Waals surface area contributed by atoms with Crippen LogP contribution < -0.4 is 10.6 Å². The Hall–Kier alpha value is -2.63. The van der Waals surface area contributed by atoms with Crippen molar-refractivity contribution < 1.29 is 14.1 Å². The topological polar surface area (TPSA) is 84.2 Å². The lowest BCUT2D eigenvalue weighted by Crippen LogP contribution is -2.39. The van der Waals surface area contributed by atoms with Crippen LogP contribution in [-0.2, 0) is 12.8 Å². The number of benzene rings is 1. The van der Waals surface area contributed by atoms with Gasteiger partial charge in [-0.1, -0.05) is 35.7 Å². The molecule has 1 atom stereocenters. The minimum atomic E-state index is -0.155. The summed E-state index contributed by atoms with van der Waals surface area (Å²) in [7, 11) is 0. The number of carbonyl (C=O) groups excluding carboxylic acids is 2. The van der Waals surface area contributed by atoms with Crippen LogP contribution in [-0.4, -0.2) is 29.1 Å². The predicted octanol–water partition coefficient (Wildman–Crippen LogP) is 2.94. The van der Waals surface area contributed by atoms with E-state index in [2.05, 4.69) is 15.8 Å². The Kier molecular flexibility index (Phi) is 4.97. The van der Waals surface area contributed by atoms with E-state index in [1.54, 1.807) is 0 Å². The van der Waals surface area contributed by atoms with E-state index in [-0.39, 0.29) is 23.9 Å². The van der Waals surface area contributed by atoms with E-state index in [0.717, 1.165) is 49.0 Å². The highest BCUT2D eigenvalue weighted by atomic mass is 16.5. The maximum absolute atomic E-state index is 12.6. The minimum absolute atomic E-state index is 0.0243. The van der Waals surface area contributed by atoms with Gasteiger partial charge in [-0.05, 0) is 44.7 Å². The van der Waals surface area contributed by atoms with Gasteiger partial charge < -0.3 is 15.2 Å². The normalized spacial score (nSPS) is 19.5. The molecule has 1 aromatic heterocycles. The molecule has 142 valence electrons. The van der Waals surface area contributed by atoms with E-state index in [9.17, 15) is 9.59 Å². The van der Waals surface area contributed by atoms with Gasteiger partial charge in [0.2, 0.25) is 0 Å². The van der Waals surface area contributed by atoms with E-state index >= 15 is 0 Å². The maximum Gasteiger partial charge on any atom is 0.273 e. The van der Waals surface area contributed by atoms with Crippen LogP contribution in [0.15, 0.2) is 28.8 Å². The molecule has 1 unspecified atom stereocenters. The van der Waals surface area contributed by atoms with E-state index in [1.165, 1.54) is 0 Å². The molecular weight excluding hydrogens is 342 g/mol. The smallest absolute Gasteiger partial charge is 0.273 e. The quantitative estimate of drug-likeness (QED) is 0.870. The van der Waals surface area contributed by atoms with Gasteiger partial charge in [0, 0.05) is 29.6 Å². The van der Waals surface area contributed by atoms with E-state index < -0.39 is 0 Å². The third-order valence-corrected chi connectivity index (χ3v) is 5.59. The number of nitrogens with zero attached hydrogens (tertiary/aromatic N) is 1. The Morgan fingerprint density at radius 3 is 2.44 bits per heavy atom. The van der Waals surface area contributed by atoms with Gasteiger partial charge in [-0.15, -0.1) is 0 Å². The summed E-state index contributed by atoms with van der Waals surface area (Å²) in [6.45, 7) is 1.99. The van der Waals surface area contributed by atoms with E-state index in [4.69, 9.17) is 4.52 Å². The summed E-state index contributed by atoms with van der Waals surface area (Å²) in [6.07, 6.45) is 6.41. The van der Waals surface area contributed by atoms with Crippen molar-refractivity contribution in [1.29, 1.82) is 0 Å². The Labute approximate surface area is 158 Å². The molecule has 2 amide bonds. The molecule has 1 heterocycles. The fraction of sp³-hybridized carbons (Fsp3) is 0.476. The lowest BCUT2D eigenvalue weighted by Gasteiger charge is -2.22. The molecule has 6 nitrogen and oxygen atoms in total. The lowest BCUT2D eigenvalue weighted by molar-refractivity contribution is 0.0925. The van der Waals surface area contributed by atoms with Crippen molar-refractivity contribution >= 4 is 11.8 Å². The monoisotopic (exact) mass is 367 g/mol. The van der Waals surface area contributed by atoms with Gasteiger partial charge in [-0.3, -0.25) is 9.59 Å². The second-order valence-electron chi connectivity index (χ2n) is 7.67. The lowest BCUT2D eigenvalue weighted by atomic mass is 9.91. The molecule has 6 heteroatoms. The fourth-order valence-electron chi connectivity index (χ4n) is 4.00. The van der Waals surface area contributed by atoms with Gasteiger partial charge in [0.15, 0.2) is 5.69 Å². The number of carbonyl (C=O) groups is 2.